The lowest BCUT2D eigenvalue weighted by Crippen LogP contribution is -2.13. The number of thiazole rings is 1. The fourth-order valence-electron chi connectivity index (χ4n) is 2.05. The first-order valence-corrected chi connectivity index (χ1v) is 8.10. The smallest absolute Gasteiger partial charge is 0.266 e. The molecule has 1 aromatic heterocycles. The number of nitriles is 1. The highest BCUT2D eigenvalue weighted by Crippen LogP contribution is 2.41. The number of hydrogen-bond acceptors (Lipinski definition) is 5. The molecule has 2 aromatic rings. The molecule has 5 nitrogen and oxygen atoms in total. The van der Waals surface area contributed by atoms with E-state index in [0.717, 1.165) is 5.01 Å². The van der Waals surface area contributed by atoms with Crippen LogP contribution in [0.3, 0.4) is 0 Å². The number of benzene rings is 1. The van der Waals surface area contributed by atoms with Crippen molar-refractivity contribution in [2.45, 2.75) is 18.8 Å². The highest BCUT2D eigenvalue weighted by Gasteiger charge is 2.26. The third kappa shape index (κ3) is 3.76. The first kappa shape index (κ1) is 15.3. The summed E-state index contributed by atoms with van der Waals surface area (Å²) in [5.74, 6) is 0.827. The second-order valence-electron chi connectivity index (χ2n) is 5.24. The van der Waals surface area contributed by atoms with Gasteiger partial charge in [0.1, 0.15) is 17.4 Å². The Kier molecular flexibility index (Phi) is 4.40. The lowest BCUT2D eigenvalue weighted by atomic mass is 10.2. The van der Waals surface area contributed by atoms with Crippen LogP contribution in [0.5, 0.6) is 5.75 Å². The molecule has 0 radical (unpaired) electrons. The van der Waals surface area contributed by atoms with Crippen LogP contribution in [-0.2, 0) is 4.79 Å². The van der Waals surface area contributed by atoms with Gasteiger partial charge in [-0.1, -0.05) is 0 Å². The van der Waals surface area contributed by atoms with E-state index in [1.54, 1.807) is 42.7 Å². The van der Waals surface area contributed by atoms with Crippen LogP contribution in [-0.4, -0.2) is 18.0 Å². The fraction of sp³-hybridized carbons (Fsp3) is 0.235. The normalized spacial score (nSPS) is 14.2. The molecule has 1 N–H and O–H groups in total. The van der Waals surface area contributed by atoms with Gasteiger partial charge in [0.2, 0.25) is 0 Å². The van der Waals surface area contributed by atoms with Crippen LogP contribution in [0.2, 0.25) is 0 Å². The molecular formula is C17H15N3O2S. The number of carbonyl (C=O) groups is 1. The quantitative estimate of drug-likeness (QED) is 0.673. The average Bonchev–Trinajstić information content (AvgIpc) is 3.32. The Labute approximate surface area is 138 Å². The summed E-state index contributed by atoms with van der Waals surface area (Å²) in [6, 6.07) is 8.87. The molecule has 0 aliphatic heterocycles. The monoisotopic (exact) mass is 325 g/mol. The minimum atomic E-state index is -0.446. The number of ether oxygens (including phenoxy) is 1. The van der Waals surface area contributed by atoms with E-state index in [9.17, 15) is 10.1 Å². The summed E-state index contributed by atoms with van der Waals surface area (Å²) >= 11 is 1.58. The van der Waals surface area contributed by atoms with Crippen LogP contribution in [0.4, 0.5) is 5.69 Å². The number of nitrogens with one attached hydrogen (secondary N) is 1. The number of rotatable bonds is 5. The van der Waals surface area contributed by atoms with Gasteiger partial charge in [-0.05, 0) is 43.2 Å². The van der Waals surface area contributed by atoms with Gasteiger partial charge in [0, 0.05) is 17.0 Å². The summed E-state index contributed by atoms with van der Waals surface area (Å²) in [6.07, 6.45) is 3.89. The Morgan fingerprint density at radius 2 is 2.17 bits per heavy atom. The summed E-state index contributed by atoms with van der Waals surface area (Å²) < 4.78 is 5.06. The second-order valence-corrected chi connectivity index (χ2v) is 6.13. The number of hydrogen-bond donors (Lipinski definition) is 1. The van der Waals surface area contributed by atoms with Crippen molar-refractivity contribution in [1.82, 2.24) is 4.98 Å². The lowest BCUT2D eigenvalue weighted by Gasteiger charge is -2.05. The molecule has 0 bridgehead atoms. The standard InChI is InChI=1S/C17H15N3O2S/c1-22-15-6-4-13(5-7-15)19-16(21)12(9-18)8-14-10-23-17(20-14)11-2-3-11/h4-8,10-11H,2-3H2,1H3,(H,19,21). The number of carbonyl (C=O) groups excluding carboxylic acids is 1. The first-order valence-electron chi connectivity index (χ1n) is 7.22. The van der Waals surface area contributed by atoms with E-state index < -0.39 is 5.91 Å². The van der Waals surface area contributed by atoms with Crippen molar-refractivity contribution in [3.05, 3.63) is 45.9 Å². The molecule has 23 heavy (non-hydrogen) atoms. The molecule has 1 aromatic carbocycles. The van der Waals surface area contributed by atoms with Gasteiger partial charge >= 0.3 is 0 Å². The SMILES string of the molecule is COc1ccc(NC(=O)C(C#N)=Cc2csc(C3CC3)n2)cc1. The van der Waals surface area contributed by atoms with E-state index in [0.29, 0.717) is 23.0 Å². The number of amides is 1. The highest BCUT2D eigenvalue weighted by molar-refractivity contribution is 7.09. The highest BCUT2D eigenvalue weighted by atomic mass is 32.1. The van der Waals surface area contributed by atoms with E-state index in [-0.39, 0.29) is 5.57 Å². The van der Waals surface area contributed by atoms with Gasteiger partial charge in [-0.25, -0.2) is 4.98 Å². The van der Waals surface area contributed by atoms with Crippen molar-refractivity contribution < 1.29 is 9.53 Å². The van der Waals surface area contributed by atoms with E-state index in [2.05, 4.69) is 10.3 Å². The molecule has 0 unspecified atom stereocenters. The summed E-state index contributed by atoms with van der Waals surface area (Å²) in [4.78, 5) is 16.7. The summed E-state index contributed by atoms with van der Waals surface area (Å²) in [5.41, 5.74) is 1.31. The average molecular weight is 325 g/mol. The van der Waals surface area contributed by atoms with Crippen molar-refractivity contribution in [3.8, 4) is 11.8 Å². The molecule has 1 aliphatic carbocycles. The first-order chi connectivity index (χ1) is 11.2. The molecule has 1 heterocycles. The van der Waals surface area contributed by atoms with Crippen LogP contribution in [0, 0.1) is 11.3 Å². The van der Waals surface area contributed by atoms with Crippen molar-refractivity contribution in [1.29, 1.82) is 5.26 Å². The molecule has 1 aliphatic rings. The summed E-state index contributed by atoms with van der Waals surface area (Å²) in [6.45, 7) is 0. The van der Waals surface area contributed by atoms with Crippen LogP contribution in [0.1, 0.15) is 29.5 Å². The maximum Gasteiger partial charge on any atom is 0.266 e. The fourth-order valence-corrected chi connectivity index (χ4v) is 3.00. The molecule has 0 saturated heterocycles. The number of nitrogens with zero attached hydrogens (tertiary/aromatic N) is 2. The third-order valence-electron chi connectivity index (χ3n) is 3.47. The summed E-state index contributed by atoms with van der Waals surface area (Å²) in [5, 5.41) is 14.9. The van der Waals surface area contributed by atoms with Crippen molar-refractivity contribution >= 4 is 29.0 Å². The Morgan fingerprint density at radius 1 is 1.43 bits per heavy atom. The zero-order chi connectivity index (χ0) is 16.2. The van der Waals surface area contributed by atoms with Crippen LogP contribution >= 0.6 is 11.3 Å². The maximum absolute atomic E-state index is 12.2. The molecule has 6 heteroatoms. The topological polar surface area (TPSA) is 75.0 Å². The molecular weight excluding hydrogens is 310 g/mol. The Bertz CT molecular complexity index is 783. The predicted molar refractivity (Wildman–Crippen MR) is 89.3 cm³/mol. The molecule has 0 atom stereocenters. The minimum absolute atomic E-state index is 0.0356. The Balaban J connectivity index is 1.71. The van der Waals surface area contributed by atoms with Crippen molar-refractivity contribution in [2.75, 3.05) is 12.4 Å². The number of aromatic nitrogens is 1. The molecule has 1 saturated carbocycles. The van der Waals surface area contributed by atoms with Crippen molar-refractivity contribution in [3.63, 3.8) is 0 Å². The van der Waals surface area contributed by atoms with Gasteiger partial charge < -0.3 is 10.1 Å². The van der Waals surface area contributed by atoms with E-state index in [1.807, 2.05) is 11.4 Å². The number of methoxy groups -OCH3 is 1. The van der Waals surface area contributed by atoms with Crippen molar-refractivity contribution in [2.24, 2.45) is 0 Å². The van der Waals surface area contributed by atoms with Gasteiger partial charge in [0.15, 0.2) is 0 Å². The zero-order valence-electron chi connectivity index (χ0n) is 12.6. The van der Waals surface area contributed by atoms with Crippen LogP contribution < -0.4 is 10.1 Å². The zero-order valence-corrected chi connectivity index (χ0v) is 13.4. The Morgan fingerprint density at radius 3 is 2.78 bits per heavy atom. The molecule has 116 valence electrons. The maximum atomic E-state index is 12.2. The van der Waals surface area contributed by atoms with Gasteiger partial charge in [0.05, 0.1) is 17.8 Å². The Hall–Kier alpha value is -2.65. The molecule has 1 amide bonds. The van der Waals surface area contributed by atoms with E-state index >= 15 is 0 Å². The third-order valence-corrected chi connectivity index (χ3v) is 4.50. The molecule has 3 rings (SSSR count). The van der Waals surface area contributed by atoms with Gasteiger partial charge in [0.25, 0.3) is 5.91 Å². The molecule has 0 spiro atoms. The minimum Gasteiger partial charge on any atom is -0.497 e. The van der Waals surface area contributed by atoms with Gasteiger partial charge in [-0.3, -0.25) is 4.79 Å². The molecule has 1 fully saturated rings. The van der Waals surface area contributed by atoms with E-state index in [4.69, 9.17) is 4.74 Å². The largest absolute Gasteiger partial charge is 0.497 e. The lowest BCUT2D eigenvalue weighted by molar-refractivity contribution is -0.112. The number of anilines is 1. The predicted octanol–water partition coefficient (Wildman–Crippen LogP) is 3.57. The second kappa shape index (κ2) is 6.63. The van der Waals surface area contributed by atoms with Crippen LogP contribution in [0.15, 0.2) is 35.2 Å². The van der Waals surface area contributed by atoms with Crippen LogP contribution in [0.25, 0.3) is 6.08 Å². The van der Waals surface area contributed by atoms with E-state index in [1.165, 1.54) is 18.9 Å². The van der Waals surface area contributed by atoms with Gasteiger partial charge in [-0.2, -0.15) is 5.26 Å². The van der Waals surface area contributed by atoms with Gasteiger partial charge in [-0.15, -0.1) is 11.3 Å². The summed E-state index contributed by atoms with van der Waals surface area (Å²) in [7, 11) is 1.58.